The molecule has 0 atom stereocenters. The maximum Gasteiger partial charge on any atom is 0.440 e. The van der Waals surface area contributed by atoms with Crippen molar-refractivity contribution in [2.45, 2.75) is 33.3 Å². The molecule has 0 fully saturated rings. The maximum absolute atomic E-state index is 5.97. The molecular formula is C8H23N3OSi. The Labute approximate surface area is 82.8 Å². The molecule has 0 heterocycles. The lowest BCUT2D eigenvalue weighted by Gasteiger charge is -2.35. The van der Waals surface area contributed by atoms with Gasteiger partial charge < -0.3 is 4.43 Å². The van der Waals surface area contributed by atoms with Gasteiger partial charge in [0.25, 0.3) is 0 Å². The maximum atomic E-state index is 5.97. The molecule has 5 heteroatoms. The Morgan fingerprint density at radius 1 is 1.15 bits per heavy atom. The standard InChI is InChI=1S/C8H23N3OSi/c1-7-11-13(9-5,10-6)12-8(2,3)4/h9-11H,7H2,1-6H3. The quantitative estimate of drug-likeness (QED) is 0.564. The monoisotopic (exact) mass is 205 g/mol. The lowest BCUT2D eigenvalue weighted by molar-refractivity contribution is 0.103. The van der Waals surface area contributed by atoms with Crippen molar-refractivity contribution < 1.29 is 4.43 Å². The van der Waals surface area contributed by atoms with Crippen LogP contribution in [-0.2, 0) is 4.43 Å². The molecular weight excluding hydrogens is 182 g/mol. The lowest BCUT2D eigenvalue weighted by atomic mass is 10.2. The summed E-state index contributed by atoms with van der Waals surface area (Å²) in [5.41, 5.74) is -0.138. The van der Waals surface area contributed by atoms with Crippen molar-refractivity contribution in [1.82, 2.24) is 14.9 Å². The Kier molecular flexibility index (Phi) is 5.09. The van der Waals surface area contributed by atoms with Gasteiger partial charge in [0.2, 0.25) is 0 Å². The summed E-state index contributed by atoms with van der Waals surface area (Å²) >= 11 is 0. The fourth-order valence-electron chi connectivity index (χ4n) is 1.15. The second-order valence-corrected chi connectivity index (χ2v) is 6.85. The summed E-state index contributed by atoms with van der Waals surface area (Å²) in [4.78, 5) is 9.78. The molecule has 80 valence electrons. The minimum Gasteiger partial charge on any atom is -0.375 e. The average molecular weight is 205 g/mol. The molecule has 0 bridgehead atoms. The molecule has 0 radical (unpaired) electrons. The summed E-state index contributed by atoms with van der Waals surface area (Å²) in [7, 11) is 1.70. The lowest BCUT2D eigenvalue weighted by Crippen LogP contribution is -2.74. The van der Waals surface area contributed by atoms with Gasteiger partial charge in [-0.15, -0.1) is 0 Å². The predicted molar refractivity (Wildman–Crippen MR) is 58.4 cm³/mol. The van der Waals surface area contributed by atoms with E-state index >= 15 is 0 Å². The zero-order valence-corrected chi connectivity index (χ0v) is 10.6. The minimum absolute atomic E-state index is 0.138. The van der Waals surface area contributed by atoms with Crippen LogP contribution >= 0.6 is 0 Å². The van der Waals surface area contributed by atoms with E-state index in [4.69, 9.17) is 4.43 Å². The molecule has 3 N–H and O–H groups in total. The molecule has 0 aromatic carbocycles. The SMILES string of the molecule is CCN[Si](NC)(NC)OC(C)(C)C. The molecule has 0 rings (SSSR count). The molecule has 0 saturated heterocycles. The van der Waals surface area contributed by atoms with Crippen LogP contribution in [0.25, 0.3) is 0 Å². The molecule has 0 saturated carbocycles. The van der Waals surface area contributed by atoms with E-state index in [9.17, 15) is 0 Å². The van der Waals surface area contributed by atoms with E-state index < -0.39 is 8.80 Å². The third kappa shape index (κ3) is 4.73. The van der Waals surface area contributed by atoms with Crippen LogP contribution in [0.5, 0.6) is 0 Å². The largest absolute Gasteiger partial charge is 0.440 e. The van der Waals surface area contributed by atoms with E-state index in [1.807, 2.05) is 14.1 Å². The summed E-state index contributed by atoms with van der Waals surface area (Å²) in [5.74, 6) is 0. The highest BCUT2D eigenvalue weighted by molar-refractivity contribution is 6.66. The zero-order chi connectivity index (χ0) is 10.5. The third-order valence-corrected chi connectivity index (χ3v) is 4.77. The fourth-order valence-corrected chi connectivity index (χ4v) is 3.44. The fraction of sp³-hybridized carbons (Fsp3) is 1.00. The Balaban J connectivity index is 4.38. The molecule has 0 aromatic rings. The molecule has 0 aliphatic heterocycles. The van der Waals surface area contributed by atoms with Gasteiger partial charge in [-0.25, -0.2) is 0 Å². The molecule has 0 amide bonds. The summed E-state index contributed by atoms with van der Waals surface area (Å²) < 4.78 is 5.97. The van der Waals surface area contributed by atoms with Crippen LogP contribution in [0.1, 0.15) is 27.7 Å². The molecule has 0 unspecified atom stereocenters. The van der Waals surface area contributed by atoms with E-state index in [1.165, 1.54) is 0 Å². The Morgan fingerprint density at radius 2 is 1.62 bits per heavy atom. The molecule has 0 aliphatic rings. The summed E-state index contributed by atoms with van der Waals surface area (Å²) in [5, 5.41) is 0. The van der Waals surface area contributed by atoms with Gasteiger partial charge in [-0.2, -0.15) is 0 Å². The van der Waals surface area contributed by atoms with E-state index in [0.717, 1.165) is 6.54 Å². The second kappa shape index (κ2) is 5.07. The van der Waals surface area contributed by atoms with Gasteiger partial charge >= 0.3 is 8.80 Å². The second-order valence-electron chi connectivity index (χ2n) is 3.93. The topological polar surface area (TPSA) is 45.3 Å². The minimum atomic E-state index is -2.13. The van der Waals surface area contributed by atoms with Crippen LogP contribution in [0.15, 0.2) is 0 Å². The van der Waals surface area contributed by atoms with Crippen LogP contribution in [0.3, 0.4) is 0 Å². The summed E-state index contributed by atoms with van der Waals surface area (Å²) in [6.07, 6.45) is 0. The van der Waals surface area contributed by atoms with E-state index in [0.29, 0.717) is 0 Å². The molecule has 0 spiro atoms. The van der Waals surface area contributed by atoms with E-state index in [-0.39, 0.29) is 5.60 Å². The number of hydrogen-bond donors (Lipinski definition) is 3. The first-order valence-corrected chi connectivity index (χ1v) is 6.63. The molecule has 0 aromatic heterocycles. The van der Waals surface area contributed by atoms with Gasteiger partial charge in [0.05, 0.1) is 5.60 Å². The Hall–Kier alpha value is 0.0569. The van der Waals surface area contributed by atoms with Gasteiger partial charge in [0, 0.05) is 0 Å². The summed E-state index contributed by atoms with van der Waals surface area (Å²) in [6, 6.07) is 0. The van der Waals surface area contributed by atoms with E-state index in [1.54, 1.807) is 0 Å². The number of rotatable bonds is 5. The van der Waals surface area contributed by atoms with E-state index in [2.05, 4.69) is 42.6 Å². The first-order valence-electron chi connectivity index (χ1n) is 4.72. The molecule has 0 aliphatic carbocycles. The van der Waals surface area contributed by atoms with Crippen molar-refractivity contribution in [1.29, 1.82) is 0 Å². The normalized spacial score (nSPS) is 13.4. The highest BCUT2D eigenvalue weighted by Gasteiger charge is 2.37. The van der Waals surface area contributed by atoms with Crippen LogP contribution in [0.2, 0.25) is 0 Å². The van der Waals surface area contributed by atoms with Gasteiger partial charge in [-0.05, 0) is 41.4 Å². The van der Waals surface area contributed by atoms with Crippen molar-refractivity contribution in [2.75, 3.05) is 20.6 Å². The van der Waals surface area contributed by atoms with Gasteiger partial charge in [-0.3, -0.25) is 14.9 Å². The first kappa shape index (κ1) is 13.1. The van der Waals surface area contributed by atoms with Crippen molar-refractivity contribution in [3.05, 3.63) is 0 Å². The van der Waals surface area contributed by atoms with Crippen LogP contribution in [0.4, 0.5) is 0 Å². The van der Waals surface area contributed by atoms with Gasteiger partial charge in [0.1, 0.15) is 0 Å². The predicted octanol–water partition coefficient (Wildman–Crippen LogP) is 0.285. The van der Waals surface area contributed by atoms with Crippen molar-refractivity contribution in [2.24, 2.45) is 0 Å². The zero-order valence-electron chi connectivity index (χ0n) is 9.62. The first-order chi connectivity index (χ1) is 5.89. The Morgan fingerprint density at radius 3 is 1.85 bits per heavy atom. The van der Waals surface area contributed by atoms with Gasteiger partial charge in [0.15, 0.2) is 0 Å². The molecule has 4 nitrogen and oxygen atoms in total. The molecule has 13 heavy (non-hydrogen) atoms. The van der Waals surface area contributed by atoms with Crippen LogP contribution in [-0.4, -0.2) is 35.0 Å². The van der Waals surface area contributed by atoms with Gasteiger partial charge in [-0.1, -0.05) is 6.92 Å². The number of hydrogen-bond acceptors (Lipinski definition) is 4. The third-order valence-electron chi connectivity index (χ3n) is 1.59. The highest BCUT2D eigenvalue weighted by Crippen LogP contribution is 2.10. The van der Waals surface area contributed by atoms with Crippen molar-refractivity contribution in [3.63, 3.8) is 0 Å². The van der Waals surface area contributed by atoms with Crippen molar-refractivity contribution >= 4 is 8.80 Å². The van der Waals surface area contributed by atoms with Crippen LogP contribution in [0, 0.1) is 0 Å². The number of nitrogens with one attached hydrogen (secondary N) is 3. The van der Waals surface area contributed by atoms with Crippen LogP contribution < -0.4 is 14.9 Å². The highest BCUT2D eigenvalue weighted by atomic mass is 28.4. The van der Waals surface area contributed by atoms with Crippen molar-refractivity contribution in [3.8, 4) is 0 Å². The smallest absolute Gasteiger partial charge is 0.375 e. The average Bonchev–Trinajstić information content (AvgIpc) is 2.01. The summed E-state index contributed by atoms with van der Waals surface area (Å²) in [6.45, 7) is 9.13. The Bertz CT molecular complexity index is 143.